The zero-order chi connectivity index (χ0) is 37.3. The quantitative estimate of drug-likeness (QED) is 0.180. The summed E-state index contributed by atoms with van der Waals surface area (Å²) in [4.78, 5) is 18.2. The number of aromatic amines is 2. The summed E-state index contributed by atoms with van der Waals surface area (Å²) in [6.45, 7) is 6.33. The van der Waals surface area contributed by atoms with E-state index in [4.69, 9.17) is 9.97 Å². The molecule has 0 saturated heterocycles. The average molecular weight is 705 g/mol. The second-order valence-electron chi connectivity index (χ2n) is 14.0. The van der Waals surface area contributed by atoms with Crippen molar-refractivity contribution in [3.63, 3.8) is 0 Å². The molecule has 260 valence electrons. The summed E-state index contributed by atoms with van der Waals surface area (Å²) >= 11 is 0. The van der Waals surface area contributed by atoms with Crippen LogP contribution in [0.15, 0.2) is 127 Å². The molecule has 4 aromatic carbocycles. The van der Waals surface area contributed by atoms with Gasteiger partial charge in [0.2, 0.25) is 0 Å². The lowest BCUT2D eigenvalue weighted by Gasteiger charge is -2.07. The van der Waals surface area contributed by atoms with Crippen LogP contribution in [0.5, 0.6) is 0 Å². The van der Waals surface area contributed by atoms with Crippen molar-refractivity contribution in [2.45, 2.75) is 20.8 Å². The first-order valence-electron chi connectivity index (χ1n) is 18.4. The molecule has 0 spiro atoms. The molecule has 0 unspecified atom stereocenters. The van der Waals surface area contributed by atoms with Crippen molar-refractivity contribution in [2.24, 2.45) is 0 Å². The molecule has 2 aliphatic heterocycles. The van der Waals surface area contributed by atoms with E-state index in [1.54, 1.807) is 0 Å². The van der Waals surface area contributed by atoms with Crippen molar-refractivity contribution in [2.75, 3.05) is 0 Å². The monoisotopic (exact) mass is 704 g/mol. The van der Waals surface area contributed by atoms with Crippen molar-refractivity contribution >= 4 is 46.4 Å². The SMILES string of the molecule is Cc1ccc(-c2c3nc(c(-c4ccc(C)cc4)c4ccc([nH]4)c(-c4ccc(C)cc4)c4nc(c(C#CC#Cc5ccccc5)c5ccc2[nH]5)C=C4)C=C3)cc1. The molecular weight excluding hydrogens is 669 g/mol. The molecule has 0 aliphatic carbocycles. The third-order valence-corrected chi connectivity index (χ3v) is 10.0. The Morgan fingerprint density at radius 1 is 0.382 bits per heavy atom. The van der Waals surface area contributed by atoms with Crippen molar-refractivity contribution in [1.82, 2.24) is 19.9 Å². The fourth-order valence-electron chi connectivity index (χ4n) is 7.13. The van der Waals surface area contributed by atoms with Crippen LogP contribution in [-0.2, 0) is 0 Å². The van der Waals surface area contributed by atoms with Gasteiger partial charge in [-0.1, -0.05) is 114 Å². The Bertz CT molecular complexity index is 2930. The number of nitrogens with one attached hydrogen (secondary N) is 2. The fourth-order valence-corrected chi connectivity index (χ4v) is 7.13. The Labute approximate surface area is 321 Å². The summed E-state index contributed by atoms with van der Waals surface area (Å²) in [7, 11) is 0. The third kappa shape index (κ3) is 6.70. The zero-order valence-electron chi connectivity index (χ0n) is 30.8. The van der Waals surface area contributed by atoms with Gasteiger partial charge in [0.15, 0.2) is 0 Å². The van der Waals surface area contributed by atoms with E-state index >= 15 is 0 Å². The van der Waals surface area contributed by atoms with Crippen molar-refractivity contribution in [3.05, 3.63) is 178 Å². The van der Waals surface area contributed by atoms with E-state index in [1.807, 2.05) is 30.3 Å². The van der Waals surface area contributed by atoms with Gasteiger partial charge in [-0.3, -0.25) is 0 Å². The van der Waals surface area contributed by atoms with Gasteiger partial charge < -0.3 is 9.97 Å². The normalized spacial score (nSPS) is 11.5. The van der Waals surface area contributed by atoms with Gasteiger partial charge in [-0.25, -0.2) is 9.97 Å². The number of hydrogen-bond donors (Lipinski definition) is 2. The summed E-state index contributed by atoms with van der Waals surface area (Å²) in [6, 6.07) is 44.3. The minimum absolute atomic E-state index is 0.761. The highest BCUT2D eigenvalue weighted by Crippen LogP contribution is 2.37. The van der Waals surface area contributed by atoms with E-state index in [0.29, 0.717) is 0 Å². The van der Waals surface area contributed by atoms with Gasteiger partial charge in [0.1, 0.15) is 0 Å². The third-order valence-electron chi connectivity index (χ3n) is 10.0. The topological polar surface area (TPSA) is 57.4 Å². The maximum Gasteiger partial charge on any atom is 0.0815 e. The molecule has 7 aromatic rings. The summed E-state index contributed by atoms with van der Waals surface area (Å²) in [5, 5.41) is 0. The van der Waals surface area contributed by atoms with Gasteiger partial charge in [-0.2, -0.15) is 0 Å². The molecule has 4 nitrogen and oxygen atoms in total. The lowest BCUT2D eigenvalue weighted by atomic mass is 10.0. The molecule has 55 heavy (non-hydrogen) atoms. The predicted octanol–water partition coefficient (Wildman–Crippen LogP) is 12.0. The number of nitrogens with zero attached hydrogens (tertiary/aromatic N) is 2. The average Bonchev–Trinajstić information content (AvgIpc) is 4.05. The van der Waals surface area contributed by atoms with E-state index < -0.39 is 0 Å². The summed E-state index contributed by atoms with van der Waals surface area (Å²) in [5.74, 6) is 12.8. The van der Waals surface area contributed by atoms with Gasteiger partial charge in [-0.15, -0.1) is 0 Å². The first kappa shape index (κ1) is 33.4. The molecule has 2 aliphatic rings. The Morgan fingerprint density at radius 2 is 0.764 bits per heavy atom. The Morgan fingerprint density at radius 3 is 1.24 bits per heavy atom. The number of hydrogen-bond acceptors (Lipinski definition) is 2. The molecule has 2 N–H and O–H groups in total. The minimum atomic E-state index is 0.761. The van der Waals surface area contributed by atoms with Crippen LogP contribution in [0.25, 0.3) is 79.8 Å². The molecule has 5 heterocycles. The van der Waals surface area contributed by atoms with E-state index in [9.17, 15) is 0 Å². The van der Waals surface area contributed by atoms with Crippen LogP contribution >= 0.6 is 0 Å². The van der Waals surface area contributed by atoms with E-state index in [2.05, 4.69) is 176 Å². The molecule has 9 rings (SSSR count). The highest BCUT2D eigenvalue weighted by molar-refractivity contribution is 5.98. The number of H-pyrrole nitrogens is 2. The second kappa shape index (κ2) is 14.2. The summed E-state index contributed by atoms with van der Waals surface area (Å²) in [6.07, 6.45) is 8.40. The van der Waals surface area contributed by atoms with Crippen molar-refractivity contribution in [3.8, 4) is 57.1 Å². The van der Waals surface area contributed by atoms with Crippen molar-refractivity contribution in [1.29, 1.82) is 0 Å². The van der Waals surface area contributed by atoms with Gasteiger partial charge in [0.25, 0.3) is 0 Å². The maximum absolute atomic E-state index is 5.39. The molecule has 0 atom stereocenters. The van der Waals surface area contributed by atoms with Crippen LogP contribution < -0.4 is 0 Å². The molecule has 3 aromatic heterocycles. The fraction of sp³-hybridized carbons (Fsp3) is 0.0588. The zero-order valence-corrected chi connectivity index (χ0v) is 30.8. The highest BCUT2D eigenvalue weighted by atomic mass is 14.8. The molecule has 4 heteroatoms. The molecular formula is C51H36N4. The van der Waals surface area contributed by atoms with Crippen LogP contribution in [-0.4, -0.2) is 19.9 Å². The second-order valence-corrected chi connectivity index (χ2v) is 14.0. The highest BCUT2D eigenvalue weighted by Gasteiger charge is 2.18. The van der Waals surface area contributed by atoms with Gasteiger partial charge in [0.05, 0.1) is 33.9 Å². The van der Waals surface area contributed by atoms with Crippen LogP contribution in [0.3, 0.4) is 0 Å². The first-order chi connectivity index (χ1) is 27.0. The minimum Gasteiger partial charge on any atom is -0.354 e. The molecule has 0 fully saturated rings. The van der Waals surface area contributed by atoms with E-state index in [0.717, 1.165) is 89.4 Å². The van der Waals surface area contributed by atoms with Crippen molar-refractivity contribution < 1.29 is 0 Å². The number of aryl methyl sites for hydroxylation is 3. The molecule has 0 saturated carbocycles. The molecule has 0 radical (unpaired) electrons. The van der Waals surface area contributed by atoms with E-state index in [-0.39, 0.29) is 0 Å². The number of benzene rings is 4. The van der Waals surface area contributed by atoms with Gasteiger partial charge >= 0.3 is 0 Å². The lowest BCUT2D eigenvalue weighted by Crippen LogP contribution is -1.90. The number of aromatic nitrogens is 4. The van der Waals surface area contributed by atoms with E-state index in [1.165, 1.54) is 16.7 Å². The molecule has 0 amide bonds. The largest absolute Gasteiger partial charge is 0.354 e. The smallest absolute Gasteiger partial charge is 0.0815 e. The lowest BCUT2D eigenvalue weighted by molar-refractivity contribution is 1.30. The van der Waals surface area contributed by atoms with Crippen LogP contribution in [0.2, 0.25) is 0 Å². The summed E-state index contributed by atoms with van der Waals surface area (Å²) < 4.78 is 0. The number of fused-ring (bicyclic) bond motifs is 8. The van der Waals surface area contributed by atoms with Crippen LogP contribution in [0, 0.1) is 44.5 Å². The molecule has 8 bridgehead atoms. The van der Waals surface area contributed by atoms with Crippen LogP contribution in [0.4, 0.5) is 0 Å². The predicted molar refractivity (Wildman–Crippen MR) is 230 cm³/mol. The Kier molecular flexibility index (Phi) is 8.63. The standard InChI is InChI=1S/C51H36N4/c1-33-13-19-37(20-14-33)49-43-27-25-41(52-43)40(12-8-7-11-36-9-5-4-6-10-36)42-26-28-44(53-42)50(38-21-15-34(2)16-22-38)46-30-32-48(55-46)51(47-31-29-45(49)54-47)39-23-17-35(3)18-24-39/h4-6,9-10,13-32,52,55H,1-3H3. The first-order valence-corrected chi connectivity index (χ1v) is 18.4. The van der Waals surface area contributed by atoms with Gasteiger partial charge in [0, 0.05) is 38.8 Å². The Hall–Kier alpha value is -7.40. The Balaban J connectivity index is 1.41. The van der Waals surface area contributed by atoms with Gasteiger partial charge in [-0.05, 0) is 116 Å². The summed E-state index contributed by atoms with van der Waals surface area (Å²) in [5.41, 5.74) is 18.6. The maximum atomic E-state index is 5.39. The number of rotatable bonds is 3. The van der Waals surface area contributed by atoms with Crippen LogP contribution in [0.1, 0.15) is 50.6 Å².